The molecule has 0 saturated heterocycles. The number of hydrogen-bond acceptors (Lipinski definition) is 3. The Kier molecular flexibility index (Phi) is 3.44. The van der Waals surface area contributed by atoms with E-state index in [1.807, 2.05) is 6.07 Å². The molecule has 0 heterocycles. The summed E-state index contributed by atoms with van der Waals surface area (Å²) in [6, 6.07) is 12.2. The molecule has 0 bridgehead atoms. The van der Waals surface area contributed by atoms with Crippen LogP contribution in [0.3, 0.4) is 0 Å². The van der Waals surface area contributed by atoms with Gasteiger partial charge in [0.1, 0.15) is 11.9 Å². The highest BCUT2D eigenvalue weighted by Gasteiger charge is 2.09. The standard InChI is InChI=1S/C14H9FN2O2/c15-11-7-9(14(18)19)5-6-13(11)17-12-4-2-1-3-10(12)8-16/h1-7,17H,(H,18,19). The van der Waals surface area contributed by atoms with Gasteiger partial charge >= 0.3 is 5.97 Å². The fourth-order valence-electron chi connectivity index (χ4n) is 1.58. The maximum absolute atomic E-state index is 13.7. The van der Waals surface area contributed by atoms with Crippen LogP contribution in [0.15, 0.2) is 42.5 Å². The molecule has 0 atom stereocenters. The van der Waals surface area contributed by atoms with E-state index in [0.717, 1.165) is 6.07 Å². The lowest BCUT2D eigenvalue weighted by Crippen LogP contribution is -2.00. The van der Waals surface area contributed by atoms with Gasteiger partial charge in [-0.2, -0.15) is 5.26 Å². The number of nitrogens with zero attached hydrogens (tertiary/aromatic N) is 1. The fraction of sp³-hybridized carbons (Fsp3) is 0. The van der Waals surface area contributed by atoms with Gasteiger partial charge in [0, 0.05) is 0 Å². The zero-order valence-corrected chi connectivity index (χ0v) is 9.72. The third-order valence-electron chi connectivity index (χ3n) is 2.53. The summed E-state index contributed by atoms with van der Waals surface area (Å²) in [6.07, 6.45) is 0. The molecule has 0 aliphatic heterocycles. The molecule has 2 aromatic rings. The van der Waals surface area contributed by atoms with Crippen molar-refractivity contribution >= 4 is 17.3 Å². The first-order chi connectivity index (χ1) is 9.11. The highest BCUT2D eigenvalue weighted by molar-refractivity contribution is 5.88. The lowest BCUT2D eigenvalue weighted by atomic mass is 10.1. The quantitative estimate of drug-likeness (QED) is 0.884. The van der Waals surface area contributed by atoms with Crippen LogP contribution < -0.4 is 5.32 Å². The number of aromatic carboxylic acids is 1. The van der Waals surface area contributed by atoms with Crippen molar-refractivity contribution in [2.75, 3.05) is 5.32 Å². The maximum Gasteiger partial charge on any atom is 0.335 e. The van der Waals surface area contributed by atoms with E-state index >= 15 is 0 Å². The molecule has 0 unspecified atom stereocenters. The number of rotatable bonds is 3. The minimum Gasteiger partial charge on any atom is -0.478 e. The average Bonchev–Trinajstić information content (AvgIpc) is 2.41. The Balaban J connectivity index is 2.34. The Morgan fingerprint density at radius 3 is 2.58 bits per heavy atom. The van der Waals surface area contributed by atoms with E-state index in [2.05, 4.69) is 5.32 Å². The van der Waals surface area contributed by atoms with E-state index in [0.29, 0.717) is 11.3 Å². The Morgan fingerprint density at radius 2 is 1.95 bits per heavy atom. The Bertz CT molecular complexity index is 677. The molecule has 94 valence electrons. The summed E-state index contributed by atoms with van der Waals surface area (Å²) in [7, 11) is 0. The van der Waals surface area contributed by atoms with Gasteiger partial charge in [-0.05, 0) is 30.3 Å². The van der Waals surface area contributed by atoms with Gasteiger partial charge in [-0.1, -0.05) is 12.1 Å². The molecule has 5 heteroatoms. The van der Waals surface area contributed by atoms with Gasteiger partial charge in [0.05, 0.1) is 22.5 Å². The molecule has 0 radical (unpaired) electrons. The van der Waals surface area contributed by atoms with Crippen molar-refractivity contribution < 1.29 is 14.3 Å². The third-order valence-corrected chi connectivity index (χ3v) is 2.53. The van der Waals surface area contributed by atoms with Crippen LogP contribution >= 0.6 is 0 Å². The predicted octanol–water partition coefficient (Wildman–Crippen LogP) is 3.14. The van der Waals surface area contributed by atoms with Crippen LogP contribution in [-0.4, -0.2) is 11.1 Å². The van der Waals surface area contributed by atoms with Crippen LogP contribution in [-0.2, 0) is 0 Å². The number of hydrogen-bond donors (Lipinski definition) is 2. The molecule has 0 aromatic heterocycles. The van der Waals surface area contributed by atoms with Crippen molar-refractivity contribution in [3.05, 3.63) is 59.4 Å². The summed E-state index contributed by atoms with van der Waals surface area (Å²) < 4.78 is 13.7. The summed E-state index contributed by atoms with van der Waals surface area (Å²) in [5.41, 5.74) is 0.834. The van der Waals surface area contributed by atoms with Gasteiger partial charge in [0.2, 0.25) is 0 Å². The zero-order valence-electron chi connectivity index (χ0n) is 9.72. The van der Waals surface area contributed by atoms with Gasteiger partial charge in [-0.25, -0.2) is 9.18 Å². The van der Waals surface area contributed by atoms with Crippen LogP contribution in [0.5, 0.6) is 0 Å². The van der Waals surface area contributed by atoms with Crippen LogP contribution in [0.1, 0.15) is 15.9 Å². The van der Waals surface area contributed by atoms with E-state index in [-0.39, 0.29) is 11.3 Å². The second-order valence-electron chi connectivity index (χ2n) is 3.78. The molecular formula is C14H9FN2O2. The van der Waals surface area contributed by atoms with Crippen molar-refractivity contribution in [2.45, 2.75) is 0 Å². The fourth-order valence-corrected chi connectivity index (χ4v) is 1.58. The maximum atomic E-state index is 13.7. The highest BCUT2D eigenvalue weighted by atomic mass is 19.1. The van der Waals surface area contributed by atoms with Crippen molar-refractivity contribution in [3.8, 4) is 6.07 Å². The Hall–Kier alpha value is -2.87. The lowest BCUT2D eigenvalue weighted by Gasteiger charge is -2.09. The number of carboxylic acid groups (broad SMARTS) is 1. The minimum absolute atomic E-state index is 0.118. The first-order valence-electron chi connectivity index (χ1n) is 5.41. The van der Waals surface area contributed by atoms with Gasteiger partial charge in [-0.15, -0.1) is 0 Å². The Labute approximate surface area is 108 Å². The SMILES string of the molecule is N#Cc1ccccc1Nc1ccc(C(=O)O)cc1F. The second-order valence-corrected chi connectivity index (χ2v) is 3.78. The number of benzene rings is 2. The van der Waals surface area contributed by atoms with Gasteiger partial charge in [0.25, 0.3) is 0 Å². The minimum atomic E-state index is -1.19. The topological polar surface area (TPSA) is 73.1 Å². The van der Waals surface area contributed by atoms with E-state index < -0.39 is 11.8 Å². The van der Waals surface area contributed by atoms with Crippen molar-refractivity contribution in [3.63, 3.8) is 0 Å². The molecule has 0 aliphatic rings. The monoisotopic (exact) mass is 256 g/mol. The van der Waals surface area contributed by atoms with Gasteiger partial charge in [0.15, 0.2) is 0 Å². The second kappa shape index (κ2) is 5.19. The molecule has 0 saturated carbocycles. The van der Waals surface area contributed by atoms with Gasteiger partial charge < -0.3 is 10.4 Å². The number of halogens is 1. The number of nitriles is 1. The number of anilines is 2. The molecule has 0 fully saturated rings. The molecule has 2 rings (SSSR count). The molecule has 2 aromatic carbocycles. The summed E-state index contributed by atoms with van der Waals surface area (Å²) in [6.45, 7) is 0. The summed E-state index contributed by atoms with van der Waals surface area (Å²) >= 11 is 0. The molecular weight excluding hydrogens is 247 g/mol. The van der Waals surface area contributed by atoms with E-state index in [9.17, 15) is 9.18 Å². The summed E-state index contributed by atoms with van der Waals surface area (Å²) in [5.74, 6) is -1.88. The van der Waals surface area contributed by atoms with Crippen LogP contribution in [0.4, 0.5) is 15.8 Å². The molecule has 0 amide bonds. The van der Waals surface area contributed by atoms with E-state index in [4.69, 9.17) is 10.4 Å². The summed E-state index contributed by atoms with van der Waals surface area (Å²) in [5, 5.41) is 20.4. The van der Waals surface area contributed by atoms with E-state index in [1.54, 1.807) is 24.3 Å². The van der Waals surface area contributed by atoms with Crippen LogP contribution in [0.25, 0.3) is 0 Å². The molecule has 0 spiro atoms. The predicted molar refractivity (Wildman–Crippen MR) is 67.8 cm³/mol. The van der Waals surface area contributed by atoms with Crippen molar-refractivity contribution in [1.82, 2.24) is 0 Å². The highest BCUT2D eigenvalue weighted by Crippen LogP contribution is 2.23. The average molecular weight is 256 g/mol. The van der Waals surface area contributed by atoms with Crippen LogP contribution in [0, 0.1) is 17.1 Å². The normalized spacial score (nSPS) is 9.68. The molecule has 19 heavy (non-hydrogen) atoms. The van der Waals surface area contributed by atoms with E-state index in [1.165, 1.54) is 12.1 Å². The molecule has 2 N–H and O–H groups in total. The first kappa shape index (κ1) is 12.6. The van der Waals surface area contributed by atoms with Crippen LogP contribution in [0.2, 0.25) is 0 Å². The smallest absolute Gasteiger partial charge is 0.335 e. The van der Waals surface area contributed by atoms with Crippen molar-refractivity contribution in [1.29, 1.82) is 5.26 Å². The molecule has 4 nitrogen and oxygen atoms in total. The third kappa shape index (κ3) is 2.69. The number of carboxylic acids is 1. The zero-order chi connectivity index (χ0) is 13.8. The van der Waals surface area contributed by atoms with Crippen molar-refractivity contribution in [2.24, 2.45) is 0 Å². The number of nitrogens with one attached hydrogen (secondary N) is 1. The number of carbonyl (C=O) groups is 1. The Morgan fingerprint density at radius 1 is 1.21 bits per heavy atom. The first-order valence-corrected chi connectivity index (χ1v) is 5.41. The summed E-state index contributed by atoms with van der Waals surface area (Å²) in [4.78, 5) is 10.7. The lowest BCUT2D eigenvalue weighted by molar-refractivity contribution is 0.0696. The molecule has 0 aliphatic carbocycles. The largest absolute Gasteiger partial charge is 0.478 e. The number of para-hydroxylation sites is 1. The van der Waals surface area contributed by atoms with Gasteiger partial charge in [-0.3, -0.25) is 0 Å².